The summed E-state index contributed by atoms with van der Waals surface area (Å²) in [6, 6.07) is 16.2. The van der Waals surface area contributed by atoms with Crippen molar-refractivity contribution in [3.8, 4) is 0 Å². The van der Waals surface area contributed by atoms with E-state index in [9.17, 15) is 8.42 Å². The zero-order chi connectivity index (χ0) is 19.6. The fourth-order valence-corrected chi connectivity index (χ4v) is 4.81. The highest BCUT2D eigenvalue weighted by atomic mass is 32.2. The summed E-state index contributed by atoms with van der Waals surface area (Å²) in [5.74, 6) is 0.250. The smallest absolute Gasteiger partial charge is 0.240 e. The normalized spacial score (nSPS) is 18.4. The number of benzene rings is 2. The Morgan fingerprint density at radius 1 is 1.07 bits per heavy atom. The minimum atomic E-state index is -3.48. The molecule has 2 aromatic rings. The van der Waals surface area contributed by atoms with Gasteiger partial charge in [-0.1, -0.05) is 44.2 Å². The molecule has 4 nitrogen and oxygen atoms in total. The molecule has 146 valence electrons. The van der Waals surface area contributed by atoms with E-state index >= 15 is 0 Å². The quantitative estimate of drug-likeness (QED) is 0.803. The van der Waals surface area contributed by atoms with Crippen LogP contribution in [0.2, 0.25) is 0 Å². The molecular weight excluding hydrogens is 356 g/mol. The first kappa shape index (κ1) is 19.9. The van der Waals surface area contributed by atoms with E-state index in [1.807, 2.05) is 32.9 Å². The minimum absolute atomic E-state index is 0.0969. The Morgan fingerprint density at radius 2 is 1.74 bits per heavy atom. The number of anilines is 1. The molecule has 2 aromatic carbocycles. The van der Waals surface area contributed by atoms with Crippen LogP contribution in [0.5, 0.6) is 0 Å². The third-order valence-corrected chi connectivity index (χ3v) is 7.17. The van der Waals surface area contributed by atoms with Crippen molar-refractivity contribution in [1.82, 2.24) is 4.72 Å². The van der Waals surface area contributed by atoms with Crippen LogP contribution in [-0.2, 0) is 23.0 Å². The zero-order valence-electron chi connectivity index (χ0n) is 16.6. The predicted molar refractivity (Wildman–Crippen MR) is 111 cm³/mol. The van der Waals surface area contributed by atoms with E-state index in [1.54, 1.807) is 12.1 Å². The van der Waals surface area contributed by atoms with Crippen LogP contribution in [0, 0.1) is 5.92 Å². The number of sulfonamides is 1. The second-order valence-electron chi connectivity index (χ2n) is 7.94. The van der Waals surface area contributed by atoms with Gasteiger partial charge in [-0.05, 0) is 61.9 Å². The molecule has 0 aromatic heterocycles. The number of hydrogen-bond acceptors (Lipinski definition) is 3. The third kappa shape index (κ3) is 4.53. The van der Waals surface area contributed by atoms with Crippen molar-refractivity contribution >= 4 is 15.7 Å². The first-order valence-corrected chi connectivity index (χ1v) is 11.2. The summed E-state index contributed by atoms with van der Waals surface area (Å²) in [7, 11) is -3.48. The molecule has 0 saturated heterocycles. The van der Waals surface area contributed by atoms with Gasteiger partial charge in [0.05, 0.1) is 4.90 Å². The summed E-state index contributed by atoms with van der Waals surface area (Å²) in [4.78, 5) is 2.74. The van der Waals surface area contributed by atoms with Crippen LogP contribution in [0.25, 0.3) is 0 Å². The SMILES string of the molecule is CC(C)[C@H](C)NS(=O)(=O)c1ccc(CN2c3ccccc3CC[C@H]2C)cc1. The van der Waals surface area contributed by atoms with E-state index in [2.05, 4.69) is 40.8 Å². The maximum Gasteiger partial charge on any atom is 0.240 e. The molecule has 3 rings (SSSR count). The third-order valence-electron chi connectivity index (χ3n) is 5.59. The highest BCUT2D eigenvalue weighted by Gasteiger charge is 2.23. The second kappa shape index (κ2) is 8.03. The Labute approximate surface area is 163 Å². The van der Waals surface area contributed by atoms with E-state index in [-0.39, 0.29) is 12.0 Å². The lowest BCUT2D eigenvalue weighted by Gasteiger charge is -2.37. The fourth-order valence-electron chi connectivity index (χ4n) is 3.42. The molecular formula is C22H30N2O2S. The van der Waals surface area contributed by atoms with Gasteiger partial charge in [-0.3, -0.25) is 0 Å². The molecule has 0 amide bonds. The van der Waals surface area contributed by atoms with E-state index in [4.69, 9.17) is 0 Å². The van der Waals surface area contributed by atoms with E-state index in [0.717, 1.165) is 24.9 Å². The number of rotatable bonds is 6. The van der Waals surface area contributed by atoms with E-state index < -0.39 is 10.0 Å². The van der Waals surface area contributed by atoms with Gasteiger partial charge in [-0.2, -0.15) is 0 Å². The van der Waals surface area contributed by atoms with Gasteiger partial charge in [-0.25, -0.2) is 13.1 Å². The standard InChI is InChI=1S/C22H30N2O2S/c1-16(2)18(4)23-27(25,26)21-13-10-19(11-14-21)15-24-17(3)9-12-20-7-5-6-8-22(20)24/h5-8,10-11,13-14,16-18,23H,9,12,15H2,1-4H3/t17-,18+/m1/s1. The summed E-state index contributed by atoms with van der Waals surface area (Å²) in [5.41, 5.74) is 3.80. The van der Waals surface area contributed by atoms with Crippen molar-refractivity contribution in [3.63, 3.8) is 0 Å². The van der Waals surface area contributed by atoms with Gasteiger partial charge in [0.25, 0.3) is 0 Å². The molecule has 27 heavy (non-hydrogen) atoms. The van der Waals surface area contributed by atoms with Gasteiger partial charge in [0.15, 0.2) is 0 Å². The Hall–Kier alpha value is -1.85. The molecule has 1 aliphatic rings. The Balaban J connectivity index is 1.77. The molecule has 5 heteroatoms. The summed E-state index contributed by atoms with van der Waals surface area (Å²) in [6.07, 6.45) is 2.26. The average Bonchev–Trinajstić information content (AvgIpc) is 2.64. The van der Waals surface area contributed by atoms with Crippen LogP contribution < -0.4 is 9.62 Å². The summed E-state index contributed by atoms with van der Waals surface area (Å²) in [5, 5.41) is 0. The van der Waals surface area contributed by atoms with Crippen molar-refractivity contribution in [2.45, 2.75) is 64.1 Å². The molecule has 0 saturated carbocycles. The Morgan fingerprint density at radius 3 is 2.41 bits per heavy atom. The van der Waals surface area contributed by atoms with Crippen LogP contribution in [0.1, 0.15) is 45.2 Å². The summed E-state index contributed by atoms with van der Waals surface area (Å²) < 4.78 is 27.8. The van der Waals surface area contributed by atoms with E-state index in [1.165, 1.54) is 11.3 Å². The number of aryl methyl sites for hydroxylation is 1. The largest absolute Gasteiger partial charge is 0.364 e. The fraction of sp³-hybridized carbons (Fsp3) is 0.455. The van der Waals surface area contributed by atoms with Crippen LogP contribution in [0.15, 0.2) is 53.4 Å². The molecule has 2 atom stereocenters. The van der Waals surface area contributed by atoms with Gasteiger partial charge >= 0.3 is 0 Å². The van der Waals surface area contributed by atoms with Gasteiger partial charge in [0.2, 0.25) is 10.0 Å². The number of hydrogen-bond donors (Lipinski definition) is 1. The zero-order valence-corrected chi connectivity index (χ0v) is 17.5. The molecule has 0 unspecified atom stereocenters. The first-order valence-electron chi connectivity index (χ1n) is 9.74. The summed E-state index contributed by atoms with van der Waals surface area (Å²) in [6.45, 7) is 8.95. The van der Waals surface area contributed by atoms with E-state index in [0.29, 0.717) is 10.9 Å². The Kier molecular flexibility index (Phi) is 5.92. The van der Waals surface area contributed by atoms with Crippen molar-refractivity contribution < 1.29 is 8.42 Å². The van der Waals surface area contributed by atoms with Gasteiger partial charge in [0.1, 0.15) is 0 Å². The Bertz CT molecular complexity index is 875. The van der Waals surface area contributed by atoms with Crippen molar-refractivity contribution in [1.29, 1.82) is 0 Å². The molecule has 1 N–H and O–H groups in total. The van der Waals surface area contributed by atoms with Crippen LogP contribution in [0.3, 0.4) is 0 Å². The lowest BCUT2D eigenvalue weighted by molar-refractivity contribution is 0.476. The molecule has 1 aliphatic heterocycles. The van der Waals surface area contributed by atoms with Crippen LogP contribution >= 0.6 is 0 Å². The molecule has 1 heterocycles. The number of para-hydroxylation sites is 1. The van der Waals surface area contributed by atoms with Crippen LogP contribution in [0.4, 0.5) is 5.69 Å². The van der Waals surface area contributed by atoms with Gasteiger partial charge in [-0.15, -0.1) is 0 Å². The molecule has 0 bridgehead atoms. The molecule has 0 spiro atoms. The maximum atomic E-state index is 12.5. The second-order valence-corrected chi connectivity index (χ2v) is 9.66. The van der Waals surface area contributed by atoms with Crippen molar-refractivity contribution in [2.24, 2.45) is 5.92 Å². The number of fused-ring (bicyclic) bond motifs is 1. The maximum absolute atomic E-state index is 12.5. The minimum Gasteiger partial charge on any atom is -0.364 e. The molecule has 0 radical (unpaired) electrons. The summed E-state index contributed by atoms with van der Waals surface area (Å²) >= 11 is 0. The monoisotopic (exact) mass is 386 g/mol. The lowest BCUT2D eigenvalue weighted by atomic mass is 9.96. The van der Waals surface area contributed by atoms with Crippen molar-refractivity contribution in [3.05, 3.63) is 59.7 Å². The first-order chi connectivity index (χ1) is 12.8. The predicted octanol–water partition coefficient (Wildman–Crippen LogP) is 4.35. The molecule has 0 aliphatic carbocycles. The number of nitrogens with zero attached hydrogens (tertiary/aromatic N) is 1. The van der Waals surface area contributed by atoms with Crippen molar-refractivity contribution in [2.75, 3.05) is 4.90 Å². The van der Waals surface area contributed by atoms with Crippen LogP contribution in [-0.4, -0.2) is 20.5 Å². The average molecular weight is 387 g/mol. The highest BCUT2D eigenvalue weighted by molar-refractivity contribution is 7.89. The lowest BCUT2D eigenvalue weighted by Crippen LogP contribution is -2.37. The van der Waals surface area contributed by atoms with Gasteiger partial charge in [0, 0.05) is 24.3 Å². The topological polar surface area (TPSA) is 49.4 Å². The molecule has 0 fully saturated rings. The highest BCUT2D eigenvalue weighted by Crippen LogP contribution is 2.31. The van der Waals surface area contributed by atoms with Gasteiger partial charge < -0.3 is 4.90 Å². The number of nitrogens with one attached hydrogen (secondary N) is 1.